The Morgan fingerprint density at radius 3 is 1.61 bits per heavy atom. The van der Waals surface area contributed by atoms with Crippen molar-refractivity contribution in [2.24, 2.45) is 0 Å². The number of allylic oxidation sites excluding steroid dienone is 5. The van der Waals surface area contributed by atoms with E-state index in [0.717, 1.165) is 18.4 Å². The highest BCUT2D eigenvalue weighted by molar-refractivity contribution is 6.50. The Hall–Kier alpha value is -3.54. The van der Waals surface area contributed by atoms with E-state index < -0.39 is 23.1 Å². The van der Waals surface area contributed by atoms with Crippen LogP contribution in [-0.4, -0.2) is 34.7 Å². The summed E-state index contributed by atoms with van der Waals surface area (Å²) >= 11 is 0. The Bertz CT molecular complexity index is 892. The highest BCUT2D eigenvalue weighted by Gasteiger charge is 2.19. The fraction of sp³-hybridized carbons (Fsp3) is 0.182. The van der Waals surface area contributed by atoms with Gasteiger partial charge in [-0.1, -0.05) is 42.5 Å². The van der Waals surface area contributed by atoms with Crippen LogP contribution >= 0.6 is 0 Å². The Labute approximate surface area is 161 Å². The molecule has 28 heavy (non-hydrogen) atoms. The summed E-state index contributed by atoms with van der Waals surface area (Å²) in [7, 11) is 0. The standard InChI is InChI=1S/C10H6O2.C6H8O2.C6H4O2/c11-9-6-5-7-3-1-2-4-8(7)10(9)12;2*7-5-3-1-2-4-6(5)8/h1-6H;1-4H2;1-4H. The molecule has 4 rings (SSSR count). The van der Waals surface area contributed by atoms with Gasteiger partial charge in [-0.25, -0.2) is 0 Å². The van der Waals surface area contributed by atoms with Gasteiger partial charge in [0.05, 0.1) is 0 Å². The molecule has 3 aliphatic carbocycles. The minimum Gasteiger partial charge on any atom is -0.291 e. The maximum atomic E-state index is 11.2. The number of hydrogen-bond donors (Lipinski definition) is 0. The quantitative estimate of drug-likeness (QED) is 0.507. The molecule has 0 unspecified atom stereocenters. The number of benzene rings is 1. The van der Waals surface area contributed by atoms with Gasteiger partial charge in [0.25, 0.3) is 0 Å². The van der Waals surface area contributed by atoms with E-state index in [1.54, 1.807) is 30.4 Å². The van der Waals surface area contributed by atoms with E-state index in [-0.39, 0.29) is 11.6 Å². The zero-order chi connectivity index (χ0) is 20.5. The van der Waals surface area contributed by atoms with Crippen LogP contribution in [0.4, 0.5) is 0 Å². The predicted molar refractivity (Wildman–Crippen MR) is 102 cm³/mol. The molecular weight excluding hydrogens is 360 g/mol. The molecule has 142 valence electrons. The van der Waals surface area contributed by atoms with Gasteiger partial charge in [0.15, 0.2) is 11.6 Å². The van der Waals surface area contributed by atoms with Crippen molar-refractivity contribution in [1.29, 1.82) is 0 Å². The molecule has 3 aliphatic rings. The van der Waals surface area contributed by atoms with Crippen molar-refractivity contribution >= 4 is 40.8 Å². The van der Waals surface area contributed by atoms with Gasteiger partial charge < -0.3 is 0 Å². The number of carbonyl (C=O) groups excluding carboxylic acids is 6. The van der Waals surface area contributed by atoms with Crippen LogP contribution in [0.2, 0.25) is 0 Å². The third kappa shape index (κ3) is 5.74. The van der Waals surface area contributed by atoms with Gasteiger partial charge in [0.2, 0.25) is 23.1 Å². The summed E-state index contributed by atoms with van der Waals surface area (Å²) < 4.78 is 0. The molecule has 0 radical (unpaired) electrons. The van der Waals surface area contributed by atoms with Crippen molar-refractivity contribution < 1.29 is 28.8 Å². The Balaban J connectivity index is 0.000000156. The molecule has 1 saturated carbocycles. The topological polar surface area (TPSA) is 102 Å². The number of hydrogen-bond acceptors (Lipinski definition) is 6. The van der Waals surface area contributed by atoms with Gasteiger partial charge in [-0.2, -0.15) is 0 Å². The van der Waals surface area contributed by atoms with Crippen LogP contribution in [0, 0.1) is 0 Å². The lowest BCUT2D eigenvalue weighted by Gasteiger charge is -2.06. The molecule has 0 saturated heterocycles. The smallest absolute Gasteiger partial charge is 0.233 e. The minimum atomic E-state index is -0.437. The molecule has 0 aliphatic heterocycles. The van der Waals surface area contributed by atoms with Crippen molar-refractivity contribution in [3.8, 4) is 0 Å². The van der Waals surface area contributed by atoms with Crippen LogP contribution in [0.3, 0.4) is 0 Å². The zero-order valence-electron chi connectivity index (χ0n) is 15.1. The molecule has 1 aromatic carbocycles. The molecule has 0 heterocycles. The van der Waals surface area contributed by atoms with E-state index in [1.165, 1.54) is 18.2 Å². The van der Waals surface area contributed by atoms with Crippen LogP contribution in [0.1, 0.15) is 41.6 Å². The molecule has 0 spiro atoms. The van der Waals surface area contributed by atoms with Gasteiger partial charge in [0, 0.05) is 18.4 Å². The average molecular weight is 378 g/mol. The minimum absolute atomic E-state index is 0.170. The second-order valence-electron chi connectivity index (χ2n) is 6.11. The second-order valence-corrected chi connectivity index (χ2v) is 6.11. The molecule has 0 aromatic heterocycles. The first-order valence-corrected chi connectivity index (χ1v) is 8.75. The van der Waals surface area contributed by atoms with Crippen LogP contribution < -0.4 is 0 Å². The van der Waals surface area contributed by atoms with E-state index in [9.17, 15) is 28.8 Å². The molecule has 0 bridgehead atoms. The Morgan fingerprint density at radius 1 is 0.571 bits per heavy atom. The van der Waals surface area contributed by atoms with Crippen molar-refractivity contribution in [2.45, 2.75) is 25.7 Å². The maximum absolute atomic E-state index is 11.2. The van der Waals surface area contributed by atoms with E-state index in [2.05, 4.69) is 0 Å². The Morgan fingerprint density at radius 2 is 1.11 bits per heavy atom. The van der Waals surface area contributed by atoms with Crippen LogP contribution in [0.15, 0.2) is 54.6 Å². The predicted octanol–water partition coefficient (Wildman–Crippen LogP) is 2.41. The maximum Gasteiger partial charge on any atom is 0.233 e. The van der Waals surface area contributed by atoms with E-state index >= 15 is 0 Å². The molecule has 1 aromatic rings. The lowest BCUT2D eigenvalue weighted by atomic mass is 9.96. The van der Waals surface area contributed by atoms with Crippen LogP contribution in [0.25, 0.3) is 6.08 Å². The fourth-order valence-corrected chi connectivity index (χ4v) is 2.52. The summed E-state index contributed by atoms with van der Waals surface area (Å²) in [5.74, 6) is -2.06. The van der Waals surface area contributed by atoms with Crippen LogP contribution in [0.5, 0.6) is 0 Å². The van der Waals surface area contributed by atoms with Crippen molar-refractivity contribution in [3.63, 3.8) is 0 Å². The number of rotatable bonds is 0. The summed E-state index contributed by atoms with van der Waals surface area (Å²) in [4.78, 5) is 63.6. The number of Topliss-reactive ketones (excluding diaryl/α,β-unsaturated/α-hetero) is 3. The Kier molecular flexibility index (Phi) is 7.39. The van der Waals surface area contributed by atoms with E-state index in [1.807, 2.05) is 12.1 Å². The molecule has 1 fully saturated rings. The van der Waals surface area contributed by atoms with Crippen molar-refractivity contribution in [3.05, 3.63) is 65.8 Å². The molecule has 0 N–H and O–H groups in total. The van der Waals surface area contributed by atoms with Crippen molar-refractivity contribution in [1.82, 2.24) is 0 Å². The molecule has 0 atom stereocenters. The van der Waals surface area contributed by atoms with Gasteiger partial charge in [-0.3, -0.25) is 28.8 Å². The third-order valence-electron chi connectivity index (χ3n) is 4.06. The molecular formula is C22H18O6. The van der Waals surface area contributed by atoms with E-state index in [4.69, 9.17) is 0 Å². The second kappa shape index (κ2) is 9.97. The van der Waals surface area contributed by atoms with E-state index in [0.29, 0.717) is 18.4 Å². The van der Waals surface area contributed by atoms with Gasteiger partial charge in [-0.15, -0.1) is 0 Å². The molecule has 6 heteroatoms. The first-order chi connectivity index (χ1) is 13.4. The first kappa shape index (κ1) is 20.8. The van der Waals surface area contributed by atoms with Gasteiger partial charge in [0.1, 0.15) is 0 Å². The number of ketones is 6. The highest BCUT2D eigenvalue weighted by Crippen LogP contribution is 2.16. The van der Waals surface area contributed by atoms with Gasteiger partial charge in [-0.05, 0) is 36.6 Å². The lowest BCUT2D eigenvalue weighted by molar-refractivity contribution is -0.137. The fourth-order valence-electron chi connectivity index (χ4n) is 2.52. The summed E-state index contributed by atoms with van der Waals surface area (Å²) in [6, 6.07) is 7.07. The molecule has 6 nitrogen and oxygen atoms in total. The normalized spacial score (nSPS) is 17.4. The summed E-state index contributed by atoms with van der Waals surface area (Å²) in [5, 5.41) is 0. The molecule has 0 amide bonds. The summed E-state index contributed by atoms with van der Waals surface area (Å²) in [6.45, 7) is 0. The lowest BCUT2D eigenvalue weighted by Crippen LogP contribution is -2.17. The highest BCUT2D eigenvalue weighted by atomic mass is 16.2. The summed E-state index contributed by atoms with van der Waals surface area (Å²) in [5.41, 5.74) is 1.33. The average Bonchev–Trinajstić information content (AvgIpc) is 2.71. The zero-order valence-corrected chi connectivity index (χ0v) is 15.1. The SMILES string of the molecule is O=C1C=CC=CC1=O.O=C1C=Cc2ccccc2C1=O.O=C1CCCCC1=O. The van der Waals surface area contributed by atoms with Crippen LogP contribution in [-0.2, 0) is 24.0 Å². The van der Waals surface area contributed by atoms with Crippen molar-refractivity contribution in [2.75, 3.05) is 0 Å². The first-order valence-electron chi connectivity index (χ1n) is 8.75. The monoisotopic (exact) mass is 378 g/mol. The van der Waals surface area contributed by atoms with Gasteiger partial charge >= 0.3 is 0 Å². The number of fused-ring (bicyclic) bond motifs is 1. The number of carbonyl (C=O) groups is 6. The largest absolute Gasteiger partial charge is 0.291 e. The third-order valence-corrected chi connectivity index (χ3v) is 4.06. The summed E-state index contributed by atoms with van der Waals surface area (Å²) in [6.07, 6.45) is 11.4.